The van der Waals surface area contributed by atoms with Crippen molar-refractivity contribution < 1.29 is 19.1 Å². The molecule has 1 saturated heterocycles. The summed E-state index contributed by atoms with van der Waals surface area (Å²) in [5.74, 6) is -0.739. The molecule has 7 heteroatoms. The van der Waals surface area contributed by atoms with Gasteiger partial charge in [0.1, 0.15) is 17.7 Å². The van der Waals surface area contributed by atoms with E-state index in [-0.39, 0.29) is 5.91 Å². The summed E-state index contributed by atoms with van der Waals surface area (Å²) in [6.45, 7) is 7.92. The first-order valence-electron chi connectivity index (χ1n) is 9.25. The third-order valence-corrected chi connectivity index (χ3v) is 4.20. The first-order chi connectivity index (χ1) is 11.7. The number of unbranched alkanes of at least 4 members (excludes halogenated alkanes) is 3. The average Bonchev–Trinajstić information content (AvgIpc) is 2.97. The van der Waals surface area contributed by atoms with Crippen LogP contribution in [0.1, 0.15) is 72.6 Å². The minimum atomic E-state index is -0.688. The van der Waals surface area contributed by atoms with Gasteiger partial charge in [-0.15, -0.1) is 0 Å². The lowest BCUT2D eigenvalue weighted by Crippen LogP contribution is -2.53. The van der Waals surface area contributed by atoms with Crippen molar-refractivity contribution in [1.29, 1.82) is 0 Å². The van der Waals surface area contributed by atoms with Crippen molar-refractivity contribution in [2.45, 2.75) is 90.3 Å². The Labute approximate surface area is 150 Å². The van der Waals surface area contributed by atoms with Crippen molar-refractivity contribution in [2.24, 2.45) is 5.73 Å². The van der Waals surface area contributed by atoms with Gasteiger partial charge in [0.25, 0.3) is 0 Å². The molecule has 1 heterocycles. The summed E-state index contributed by atoms with van der Waals surface area (Å²) in [6, 6.07) is -1.27. The normalized spacial score (nSPS) is 18.7. The van der Waals surface area contributed by atoms with Gasteiger partial charge in [0.05, 0.1) is 0 Å². The number of carbonyl (C=O) groups excluding carboxylic acids is 3. The number of hydrogen-bond acceptors (Lipinski definition) is 4. The fourth-order valence-corrected chi connectivity index (χ4v) is 3.01. The summed E-state index contributed by atoms with van der Waals surface area (Å²) in [7, 11) is 0. The third-order valence-electron chi connectivity index (χ3n) is 4.20. The van der Waals surface area contributed by atoms with E-state index >= 15 is 0 Å². The molecule has 1 rings (SSSR count). The van der Waals surface area contributed by atoms with Gasteiger partial charge >= 0.3 is 6.09 Å². The van der Waals surface area contributed by atoms with Gasteiger partial charge in [0.2, 0.25) is 11.8 Å². The first-order valence-corrected chi connectivity index (χ1v) is 9.25. The molecule has 25 heavy (non-hydrogen) atoms. The van der Waals surface area contributed by atoms with Gasteiger partial charge in [-0.2, -0.15) is 0 Å². The Hall–Kier alpha value is -1.79. The van der Waals surface area contributed by atoms with E-state index in [0.717, 1.165) is 32.1 Å². The maximum Gasteiger partial charge on any atom is 0.408 e. The highest BCUT2D eigenvalue weighted by Gasteiger charge is 2.36. The highest BCUT2D eigenvalue weighted by molar-refractivity contribution is 5.91. The molecule has 7 nitrogen and oxygen atoms in total. The van der Waals surface area contributed by atoms with E-state index in [9.17, 15) is 14.4 Å². The number of rotatable bonds is 8. The number of nitrogens with zero attached hydrogens (tertiary/aromatic N) is 1. The van der Waals surface area contributed by atoms with Gasteiger partial charge in [-0.05, 0) is 40.0 Å². The molecule has 0 saturated carbocycles. The summed E-state index contributed by atoms with van der Waals surface area (Å²) in [5.41, 5.74) is 4.77. The van der Waals surface area contributed by atoms with Crippen LogP contribution in [0.3, 0.4) is 0 Å². The van der Waals surface area contributed by atoms with Crippen molar-refractivity contribution in [3.05, 3.63) is 0 Å². The molecule has 0 bridgehead atoms. The van der Waals surface area contributed by atoms with Gasteiger partial charge in [-0.3, -0.25) is 9.59 Å². The maximum atomic E-state index is 12.9. The number of amides is 3. The van der Waals surface area contributed by atoms with Crippen molar-refractivity contribution >= 4 is 17.9 Å². The fraction of sp³-hybridized carbons (Fsp3) is 0.833. The monoisotopic (exact) mass is 355 g/mol. The molecule has 0 aromatic carbocycles. The van der Waals surface area contributed by atoms with E-state index in [1.54, 1.807) is 20.8 Å². The van der Waals surface area contributed by atoms with Crippen molar-refractivity contribution in [2.75, 3.05) is 6.54 Å². The Balaban J connectivity index is 2.76. The van der Waals surface area contributed by atoms with E-state index in [4.69, 9.17) is 10.5 Å². The standard InChI is InChI=1S/C18H33N3O4/c1-5-6-7-8-10-13(20-17(24)25-18(2,3)4)16(23)21-12-9-11-14(21)15(19)22/h13-14H,5-12H2,1-4H3,(H2,19,22)(H,20,24)/t13-,14-/m0/s1. The van der Waals surface area contributed by atoms with Gasteiger partial charge in [-0.1, -0.05) is 32.6 Å². The SMILES string of the molecule is CCCCCC[C@H](NC(=O)OC(C)(C)C)C(=O)N1CCC[C@H]1C(N)=O. The second-order valence-electron chi connectivity index (χ2n) is 7.64. The first kappa shape index (κ1) is 21.3. The zero-order valence-electron chi connectivity index (χ0n) is 16.0. The fourth-order valence-electron chi connectivity index (χ4n) is 3.01. The Morgan fingerprint density at radius 2 is 1.92 bits per heavy atom. The lowest BCUT2D eigenvalue weighted by atomic mass is 10.1. The highest BCUT2D eigenvalue weighted by Crippen LogP contribution is 2.20. The van der Waals surface area contributed by atoms with E-state index in [0.29, 0.717) is 19.4 Å². The van der Waals surface area contributed by atoms with Crippen LogP contribution < -0.4 is 11.1 Å². The molecule has 1 fully saturated rings. The molecule has 3 N–H and O–H groups in total. The zero-order valence-corrected chi connectivity index (χ0v) is 16.0. The molecule has 3 amide bonds. The highest BCUT2D eigenvalue weighted by atomic mass is 16.6. The lowest BCUT2D eigenvalue weighted by molar-refractivity contribution is -0.139. The van der Waals surface area contributed by atoms with Crippen LogP contribution in [0.2, 0.25) is 0 Å². The summed E-state index contributed by atoms with van der Waals surface area (Å²) in [4.78, 5) is 38.0. The molecule has 144 valence electrons. The van der Waals surface area contributed by atoms with Gasteiger partial charge in [0.15, 0.2) is 0 Å². The minimum absolute atomic E-state index is 0.247. The van der Waals surface area contributed by atoms with Gasteiger partial charge < -0.3 is 20.7 Å². The van der Waals surface area contributed by atoms with E-state index in [1.807, 2.05) is 0 Å². The van der Waals surface area contributed by atoms with Crippen LogP contribution in [-0.2, 0) is 14.3 Å². The van der Waals surface area contributed by atoms with Crippen molar-refractivity contribution in [1.82, 2.24) is 10.2 Å². The van der Waals surface area contributed by atoms with Gasteiger partial charge in [0, 0.05) is 6.54 Å². The van der Waals surface area contributed by atoms with E-state index < -0.39 is 29.7 Å². The molecule has 0 radical (unpaired) electrons. The van der Waals surface area contributed by atoms with E-state index in [2.05, 4.69) is 12.2 Å². The Morgan fingerprint density at radius 1 is 1.24 bits per heavy atom. The molecule has 1 aliphatic rings. The third kappa shape index (κ3) is 7.32. The van der Waals surface area contributed by atoms with Crippen LogP contribution in [0.4, 0.5) is 4.79 Å². The topological polar surface area (TPSA) is 102 Å². The lowest BCUT2D eigenvalue weighted by Gasteiger charge is -2.28. The summed E-state index contributed by atoms with van der Waals surface area (Å²) in [5, 5.41) is 2.68. The molecule has 0 aromatic heterocycles. The molecule has 1 aliphatic heterocycles. The zero-order chi connectivity index (χ0) is 19.0. The maximum absolute atomic E-state index is 12.9. The van der Waals surface area contributed by atoms with Crippen LogP contribution in [0, 0.1) is 0 Å². The smallest absolute Gasteiger partial charge is 0.408 e. The van der Waals surface area contributed by atoms with Crippen LogP contribution in [0.5, 0.6) is 0 Å². The number of ether oxygens (including phenoxy) is 1. The number of nitrogens with two attached hydrogens (primary N) is 1. The summed E-state index contributed by atoms with van der Waals surface area (Å²) in [6.07, 6.45) is 5.24. The predicted octanol–water partition coefficient (Wildman–Crippen LogP) is 2.33. The van der Waals surface area contributed by atoms with Crippen LogP contribution >= 0.6 is 0 Å². The second kappa shape index (κ2) is 9.63. The van der Waals surface area contributed by atoms with Crippen LogP contribution in [0.25, 0.3) is 0 Å². The number of primary amides is 1. The Morgan fingerprint density at radius 3 is 2.48 bits per heavy atom. The van der Waals surface area contributed by atoms with Crippen LogP contribution in [0.15, 0.2) is 0 Å². The predicted molar refractivity (Wildman–Crippen MR) is 95.8 cm³/mol. The molecule has 0 aliphatic carbocycles. The summed E-state index contributed by atoms with van der Waals surface area (Å²) >= 11 is 0. The second-order valence-corrected chi connectivity index (χ2v) is 7.64. The van der Waals surface area contributed by atoms with Gasteiger partial charge in [-0.25, -0.2) is 4.79 Å². The molecule has 0 aromatic rings. The number of hydrogen-bond donors (Lipinski definition) is 2. The van der Waals surface area contributed by atoms with Crippen molar-refractivity contribution in [3.8, 4) is 0 Å². The number of carbonyl (C=O) groups is 3. The Bertz CT molecular complexity index is 473. The number of likely N-dealkylation sites (tertiary alicyclic amines) is 1. The molecule has 2 atom stereocenters. The minimum Gasteiger partial charge on any atom is -0.444 e. The number of nitrogens with one attached hydrogen (secondary N) is 1. The van der Waals surface area contributed by atoms with E-state index in [1.165, 1.54) is 4.90 Å². The average molecular weight is 355 g/mol. The van der Waals surface area contributed by atoms with Crippen molar-refractivity contribution in [3.63, 3.8) is 0 Å². The molecule has 0 spiro atoms. The molecular formula is C18H33N3O4. The quantitative estimate of drug-likeness (QED) is 0.652. The molecule has 0 unspecified atom stereocenters. The van der Waals surface area contributed by atoms with Crippen LogP contribution in [-0.4, -0.2) is 47.0 Å². The number of alkyl carbamates (subject to hydrolysis) is 1. The Kier molecular flexibility index (Phi) is 8.19. The summed E-state index contributed by atoms with van der Waals surface area (Å²) < 4.78 is 5.27. The molecular weight excluding hydrogens is 322 g/mol. The largest absolute Gasteiger partial charge is 0.444 e.